The van der Waals surface area contributed by atoms with Gasteiger partial charge in [-0.1, -0.05) is 12.1 Å². The van der Waals surface area contributed by atoms with Crippen LogP contribution in [-0.4, -0.2) is 42.0 Å². The molecule has 0 bridgehead atoms. The summed E-state index contributed by atoms with van der Waals surface area (Å²) in [5.74, 6) is -1.52. The molecule has 3 atom stereocenters. The number of carbonyl (C=O) groups is 3. The molecule has 1 N–H and O–H groups in total. The Balaban J connectivity index is 2.01. The zero-order chi connectivity index (χ0) is 18.1. The number of nitrogens with zero attached hydrogens (tertiary/aromatic N) is 1. The molecule has 2 aliphatic rings. The van der Waals surface area contributed by atoms with Crippen molar-refractivity contribution in [3.63, 3.8) is 0 Å². The van der Waals surface area contributed by atoms with E-state index in [1.807, 2.05) is 25.1 Å². The molecule has 134 valence electrons. The first kappa shape index (κ1) is 17.6. The van der Waals surface area contributed by atoms with Gasteiger partial charge in [0.2, 0.25) is 5.91 Å². The lowest BCUT2D eigenvalue weighted by atomic mass is 9.82. The summed E-state index contributed by atoms with van der Waals surface area (Å²) in [5, 5.41) is 4.46. The van der Waals surface area contributed by atoms with Crippen LogP contribution in [0.1, 0.15) is 37.4 Å². The number of benzene rings is 1. The van der Waals surface area contributed by atoms with Crippen LogP contribution in [-0.2, 0) is 24.0 Å². The predicted octanol–water partition coefficient (Wildman–Crippen LogP) is 1.76. The van der Waals surface area contributed by atoms with Gasteiger partial charge in [-0.15, -0.1) is 0 Å². The molecule has 1 fully saturated rings. The third-order valence-corrected chi connectivity index (χ3v) is 4.61. The van der Waals surface area contributed by atoms with E-state index < -0.39 is 24.0 Å². The highest BCUT2D eigenvalue weighted by molar-refractivity contribution is 6.00. The van der Waals surface area contributed by atoms with Crippen LogP contribution in [0.25, 0.3) is 0 Å². The third-order valence-electron chi connectivity index (χ3n) is 4.61. The summed E-state index contributed by atoms with van der Waals surface area (Å²) < 4.78 is 5.08. The lowest BCUT2D eigenvalue weighted by Gasteiger charge is -2.32. The number of esters is 1. The van der Waals surface area contributed by atoms with E-state index >= 15 is 0 Å². The van der Waals surface area contributed by atoms with Gasteiger partial charge < -0.3 is 10.1 Å². The second-order valence-electron chi connectivity index (χ2n) is 6.37. The van der Waals surface area contributed by atoms with Crippen molar-refractivity contribution in [2.45, 2.75) is 39.3 Å². The molecule has 25 heavy (non-hydrogen) atoms. The van der Waals surface area contributed by atoms with Crippen LogP contribution in [0.15, 0.2) is 18.2 Å². The number of carbonyl (C=O) groups excluding carboxylic acids is 3. The van der Waals surface area contributed by atoms with Gasteiger partial charge in [0.1, 0.15) is 5.78 Å². The van der Waals surface area contributed by atoms with E-state index in [-0.39, 0.29) is 24.7 Å². The summed E-state index contributed by atoms with van der Waals surface area (Å²) in [5.41, 5.74) is 2.63. The van der Waals surface area contributed by atoms with E-state index in [0.717, 1.165) is 11.1 Å². The molecule has 1 amide bonds. The number of anilines is 1. The van der Waals surface area contributed by atoms with Crippen LogP contribution >= 0.6 is 0 Å². The maximum Gasteiger partial charge on any atom is 0.338 e. The van der Waals surface area contributed by atoms with Crippen molar-refractivity contribution in [1.29, 1.82) is 0 Å². The number of hydrogen-bond acceptors (Lipinski definition) is 6. The number of aryl methyl sites for hydroxylation is 1. The topological polar surface area (TPSA) is 84.9 Å². The molecule has 0 unspecified atom stereocenters. The molecule has 0 aromatic heterocycles. The van der Waals surface area contributed by atoms with Gasteiger partial charge in [0.05, 0.1) is 18.6 Å². The Morgan fingerprint density at radius 3 is 2.80 bits per heavy atom. The number of nitrogens with one attached hydrogen (secondary N) is 1. The molecule has 7 nitrogen and oxygen atoms in total. The molecule has 3 rings (SSSR count). The van der Waals surface area contributed by atoms with Gasteiger partial charge in [0.15, 0.2) is 6.10 Å². The molecule has 2 heterocycles. The summed E-state index contributed by atoms with van der Waals surface area (Å²) >= 11 is 0. The van der Waals surface area contributed by atoms with E-state index in [1.165, 1.54) is 6.92 Å². The van der Waals surface area contributed by atoms with Crippen molar-refractivity contribution < 1.29 is 24.0 Å². The molecule has 0 saturated carbocycles. The van der Waals surface area contributed by atoms with Crippen LogP contribution in [0.5, 0.6) is 0 Å². The molecule has 0 spiro atoms. The molecule has 1 aromatic carbocycles. The van der Waals surface area contributed by atoms with Gasteiger partial charge >= 0.3 is 5.97 Å². The van der Waals surface area contributed by atoms with Crippen molar-refractivity contribution in [1.82, 2.24) is 5.06 Å². The molecule has 2 aliphatic heterocycles. The second kappa shape index (κ2) is 6.93. The van der Waals surface area contributed by atoms with Crippen molar-refractivity contribution >= 4 is 23.3 Å². The fourth-order valence-corrected chi connectivity index (χ4v) is 3.50. The Hall–Kier alpha value is -2.25. The lowest BCUT2D eigenvalue weighted by Crippen LogP contribution is -2.42. The van der Waals surface area contributed by atoms with E-state index in [1.54, 1.807) is 12.0 Å². The second-order valence-corrected chi connectivity index (χ2v) is 6.37. The normalized spacial score (nSPS) is 25.1. The fourth-order valence-electron chi connectivity index (χ4n) is 3.50. The smallest absolute Gasteiger partial charge is 0.338 e. The van der Waals surface area contributed by atoms with Crippen LogP contribution in [0, 0.1) is 12.8 Å². The van der Waals surface area contributed by atoms with Gasteiger partial charge in [-0.2, -0.15) is 5.06 Å². The molecular weight excluding hydrogens is 324 g/mol. The van der Waals surface area contributed by atoms with Gasteiger partial charge in [0.25, 0.3) is 0 Å². The number of hydroxylamine groups is 2. The highest BCUT2D eigenvalue weighted by Gasteiger charge is 2.54. The zero-order valence-electron chi connectivity index (χ0n) is 14.6. The average Bonchev–Trinajstić information content (AvgIpc) is 2.93. The fraction of sp³-hybridized carbons (Fsp3) is 0.500. The minimum atomic E-state index is -1.01. The van der Waals surface area contributed by atoms with Crippen LogP contribution in [0.4, 0.5) is 5.69 Å². The Labute approximate surface area is 146 Å². The summed E-state index contributed by atoms with van der Waals surface area (Å²) in [6.45, 7) is 5.68. The summed E-state index contributed by atoms with van der Waals surface area (Å²) in [6, 6.07) is 5.23. The Morgan fingerprint density at radius 1 is 1.36 bits per heavy atom. The Bertz CT molecular complexity index is 717. The van der Waals surface area contributed by atoms with E-state index in [2.05, 4.69) is 5.32 Å². The number of Topliss-reactive ketones (excluding diaryl/α,β-unsaturated/α-hetero) is 1. The Kier molecular flexibility index (Phi) is 4.87. The molecule has 0 aliphatic carbocycles. The van der Waals surface area contributed by atoms with Crippen molar-refractivity contribution in [2.24, 2.45) is 5.92 Å². The molecule has 0 radical (unpaired) electrons. The first-order valence-corrected chi connectivity index (χ1v) is 8.44. The average molecular weight is 346 g/mol. The van der Waals surface area contributed by atoms with Crippen LogP contribution < -0.4 is 5.32 Å². The van der Waals surface area contributed by atoms with Crippen molar-refractivity contribution in [2.75, 3.05) is 18.5 Å². The van der Waals surface area contributed by atoms with Crippen LogP contribution in [0.2, 0.25) is 0 Å². The van der Waals surface area contributed by atoms with Crippen LogP contribution in [0.3, 0.4) is 0 Å². The maximum absolute atomic E-state index is 12.7. The van der Waals surface area contributed by atoms with Gasteiger partial charge in [-0.3, -0.25) is 14.4 Å². The lowest BCUT2D eigenvalue weighted by molar-refractivity contribution is -0.190. The molecule has 1 saturated heterocycles. The van der Waals surface area contributed by atoms with Gasteiger partial charge in [-0.25, -0.2) is 4.79 Å². The van der Waals surface area contributed by atoms with Gasteiger partial charge in [0, 0.05) is 18.7 Å². The maximum atomic E-state index is 12.7. The zero-order valence-corrected chi connectivity index (χ0v) is 14.6. The standard InChI is InChI=1S/C18H22N2O5/c1-4-24-18(23)16-14-15(20(25-16)9-8-11(3)21)13-10(2)6-5-7-12(13)19-17(14)22/h5-7,14-16H,4,8-9H2,1-3H3,(H,19,22)/t14-,15+,16-/m1/s1. The number of rotatable bonds is 5. The predicted molar refractivity (Wildman–Crippen MR) is 89.5 cm³/mol. The molecule has 7 heteroatoms. The highest BCUT2D eigenvalue weighted by atomic mass is 16.7. The third kappa shape index (κ3) is 3.17. The summed E-state index contributed by atoms with van der Waals surface area (Å²) in [6.07, 6.45) is -0.730. The van der Waals surface area contributed by atoms with E-state index in [4.69, 9.17) is 9.57 Å². The summed E-state index contributed by atoms with van der Waals surface area (Å²) in [4.78, 5) is 42.2. The first-order chi connectivity index (χ1) is 11.9. The molecular formula is C18H22N2O5. The van der Waals surface area contributed by atoms with E-state index in [9.17, 15) is 14.4 Å². The number of hydrogen-bond donors (Lipinski definition) is 1. The number of ether oxygens (including phenoxy) is 1. The monoisotopic (exact) mass is 346 g/mol. The minimum absolute atomic E-state index is 0.0185. The van der Waals surface area contributed by atoms with E-state index in [0.29, 0.717) is 12.2 Å². The quantitative estimate of drug-likeness (QED) is 0.818. The van der Waals surface area contributed by atoms with Crippen molar-refractivity contribution in [3.05, 3.63) is 29.3 Å². The first-order valence-electron chi connectivity index (χ1n) is 8.44. The number of ketones is 1. The molecule has 1 aromatic rings. The van der Waals surface area contributed by atoms with Crippen molar-refractivity contribution in [3.8, 4) is 0 Å². The number of fused-ring (bicyclic) bond motifs is 3. The summed E-state index contributed by atoms with van der Waals surface area (Å²) in [7, 11) is 0. The highest BCUT2D eigenvalue weighted by Crippen LogP contribution is 2.47. The number of amides is 1. The van der Waals surface area contributed by atoms with Gasteiger partial charge in [-0.05, 0) is 38.0 Å². The largest absolute Gasteiger partial charge is 0.464 e. The Morgan fingerprint density at radius 2 is 2.12 bits per heavy atom. The SMILES string of the molecule is CCOC(=O)[C@@H]1ON(CCC(C)=O)[C@H]2c3c(C)cccc3NC(=O)[C@@H]12. The minimum Gasteiger partial charge on any atom is -0.464 e.